The van der Waals surface area contributed by atoms with Gasteiger partial charge in [0, 0.05) is 17.3 Å². The van der Waals surface area contributed by atoms with Crippen molar-refractivity contribution >= 4 is 18.1 Å². The summed E-state index contributed by atoms with van der Waals surface area (Å²) in [6, 6.07) is 4.84. The maximum Gasteiger partial charge on any atom is 0.161 e. The van der Waals surface area contributed by atoms with Gasteiger partial charge in [0.1, 0.15) is 0 Å². The highest BCUT2D eigenvalue weighted by Crippen LogP contribution is 2.28. The molecule has 0 amide bonds. The Bertz CT molecular complexity index is 368. The van der Waals surface area contributed by atoms with Crippen LogP contribution >= 0.6 is 12.4 Å². The topological polar surface area (TPSA) is 81.5 Å². The van der Waals surface area contributed by atoms with Crippen LogP contribution in [0.1, 0.15) is 33.1 Å². The van der Waals surface area contributed by atoms with Crippen molar-refractivity contribution in [3.8, 4) is 11.5 Å². The zero-order valence-electron chi connectivity index (χ0n) is 11.0. The van der Waals surface area contributed by atoms with Crippen LogP contribution in [0.4, 0.5) is 5.69 Å². The number of benzene rings is 1. The van der Waals surface area contributed by atoms with E-state index in [0.717, 1.165) is 19.3 Å². The van der Waals surface area contributed by atoms with Gasteiger partial charge in [0.25, 0.3) is 0 Å². The quantitative estimate of drug-likeness (QED) is 0.697. The lowest BCUT2D eigenvalue weighted by Crippen LogP contribution is -2.39. The van der Waals surface area contributed by atoms with E-state index in [0.29, 0.717) is 18.0 Å². The summed E-state index contributed by atoms with van der Waals surface area (Å²) in [5.41, 5.74) is 12.0. The number of ether oxygens (including phenoxy) is 1. The van der Waals surface area contributed by atoms with Gasteiger partial charge in [-0.3, -0.25) is 0 Å². The summed E-state index contributed by atoms with van der Waals surface area (Å²) in [7, 11) is 0. The molecule has 0 heterocycles. The number of nitrogens with two attached hydrogens (primary N) is 2. The van der Waals surface area contributed by atoms with Crippen LogP contribution < -0.4 is 16.2 Å². The molecular weight excluding hydrogens is 252 g/mol. The lowest BCUT2D eigenvalue weighted by molar-refractivity contribution is 0.240. The fourth-order valence-electron chi connectivity index (χ4n) is 1.62. The molecule has 4 nitrogen and oxygen atoms in total. The average molecular weight is 275 g/mol. The molecule has 0 aliphatic heterocycles. The standard InChI is InChI=1S/C13H22N2O2.ClH/c1-3-13(15,4-2)7-8-17-12-6-5-10(14)9-11(12)16;/h5-6,9,16H,3-4,7-8,14-15H2,1-2H3;1H. The summed E-state index contributed by atoms with van der Waals surface area (Å²) in [4.78, 5) is 0. The van der Waals surface area contributed by atoms with Gasteiger partial charge in [-0.25, -0.2) is 0 Å². The van der Waals surface area contributed by atoms with Crippen molar-refractivity contribution in [2.45, 2.75) is 38.6 Å². The van der Waals surface area contributed by atoms with Crippen LogP contribution in [0, 0.1) is 0 Å². The molecule has 0 fully saturated rings. The lowest BCUT2D eigenvalue weighted by Gasteiger charge is -2.26. The lowest BCUT2D eigenvalue weighted by atomic mass is 9.91. The van der Waals surface area contributed by atoms with Gasteiger partial charge in [-0.1, -0.05) is 13.8 Å². The van der Waals surface area contributed by atoms with E-state index in [4.69, 9.17) is 16.2 Å². The van der Waals surface area contributed by atoms with Gasteiger partial charge >= 0.3 is 0 Å². The Kier molecular flexibility index (Phi) is 6.88. The Balaban J connectivity index is 0.00000289. The second-order valence-electron chi connectivity index (χ2n) is 4.40. The second-order valence-corrected chi connectivity index (χ2v) is 4.40. The summed E-state index contributed by atoms with van der Waals surface area (Å²) < 4.78 is 5.51. The average Bonchev–Trinajstić information content (AvgIpc) is 2.32. The number of phenols is 1. The highest BCUT2D eigenvalue weighted by atomic mass is 35.5. The van der Waals surface area contributed by atoms with E-state index in [1.165, 1.54) is 6.07 Å². The zero-order chi connectivity index (χ0) is 12.9. The molecule has 0 bridgehead atoms. The summed E-state index contributed by atoms with van der Waals surface area (Å²) >= 11 is 0. The molecule has 0 atom stereocenters. The first-order valence-electron chi connectivity index (χ1n) is 6.01. The van der Waals surface area contributed by atoms with E-state index in [1.54, 1.807) is 12.1 Å². The molecule has 18 heavy (non-hydrogen) atoms. The summed E-state index contributed by atoms with van der Waals surface area (Å²) in [6.07, 6.45) is 2.60. The molecule has 0 saturated carbocycles. The van der Waals surface area contributed by atoms with Crippen LogP contribution in [-0.2, 0) is 0 Å². The molecule has 1 aromatic carbocycles. The third-order valence-electron chi connectivity index (χ3n) is 3.25. The zero-order valence-corrected chi connectivity index (χ0v) is 11.8. The Morgan fingerprint density at radius 1 is 1.28 bits per heavy atom. The molecule has 0 unspecified atom stereocenters. The minimum atomic E-state index is -0.177. The van der Waals surface area contributed by atoms with E-state index < -0.39 is 0 Å². The summed E-state index contributed by atoms with van der Waals surface area (Å²) in [5, 5.41) is 9.60. The molecule has 0 saturated heterocycles. The van der Waals surface area contributed by atoms with Crippen molar-refractivity contribution < 1.29 is 9.84 Å². The highest BCUT2D eigenvalue weighted by molar-refractivity contribution is 5.85. The SMILES string of the molecule is CCC(N)(CC)CCOc1ccc(N)cc1O.Cl. The Morgan fingerprint density at radius 3 is 2.39 bits per heavy atom. The molecule has 0 spiro atoms. The van der Waals surface area contributed by atoms with Crippen molar-refractivity contribution in [3.63, 3.8) is 0 Å². The van der Waals surface area contributed by atoms with Crippen molar-refractivity contribution in [1.82, 2.24) is 0 Å². The van der Waals surface area contributed by atoms with Gasteiger partial charge in [0.15, 0.2) is 11.5 Å². The van der Waals surface area contributed by atoms with Crippen molar-refractivity contribution in [2.75, 3.05) is 12.3 Å². The first kappa shape index (κ1) is 16.9. The Labute approximate surface area is 115 Å². The number of phenolic OH excluding ortho intramolecular Hbond substituents is 1. The predicted octanol–water partition coefficient (Wildman–Crippen LogP) is 2.68. The second kappa shape index (κ2) is 7.34. The van der Waals surface area contributed by atoms with Crippen LogP contribution in [0.15, 0.2) is 18.2 Å². The molecule has 0 aliphatic rings. The van der Waals surface area contributed by atoms with Crippen LogP contribution in [0.3, 0.4) is 0 Å². The molecule has 0 aromatic heterocycles. The largest absolute Gasteiger partial charge is 0.504 e. The third kappa shape index (κ3) is 4.63. The van der Waals surface area contributed by atoms with Gasteiger partial charge in [-0.05, 0) is 31.4 Å². The van der Waals surface area contributed by atoms with Crippen LogP contribution in [-0.4, -0.2) is 17.3 Å². The number of halogens is 1. The molecule has 1 rings (SSSR count). The maximum atomic E-state index is 9.60. The molecule has 0 aliphatic carbocycles. The molecule has 5 N–H and O–H groups in total. The molecule has 5 heteroatoms. The number of anilines is 1. The Hall–Kier alpha value is -1.13. The third-order valence-corrected chi connectivity index (χ3v) is 3.25. The van der Waals surface area contributed by atoms with E-state index >= 15 is 0 Å². The predicted molar refractivity (Wildman–Crippen MR) is 77.4 cm³/mol. The number of nitrogen functional groups attached to an aromatic ring is 1. The van der Waals surface area contributed by atoms with Crippen LogP contribution in [0.25, 0.3) is 0 Å². The van der Waals surface area contributed by atoms with Crippen LogP contribution in [0.2, 0.25) is 0 Å². The first-order chi connectivity index (χ1) is 8.00. The van der Waals surface area contributed by atoms with E-state index in [9.17, 15) is 5.11 Å². The number of aromatic hydroxyl groups is 1. The number of rotatable bonds is 6. The smallest absolute Gasteiger partial charge is 0.161 e. The molecule has 0 radical (unpaired) electrons. The fraction of sp³-hybridized carbons (Fsp3) is 0.538. The van der Waals surface area contributed by atoms with Crippen molar-refractivity contribution in [2.24, 2.45) is 5.73 Å². The van der Waals surface area contributed by atoms with Crippen molar-refractivity contribution in [3.05, 3.63) is 18.2 Å². The normalized spacial score (nSPS) is 10.8. The molecule has 1 aromatic rings. The van der Waals surface area contributed by atoms with Gasteiger partial charge in [-0.15, -0.1) is 12.4 Å². The first-order valence-corrected chi connectivity index (χ1v) is 6.01. The van der Waals surface area contributed by atoms with E-state index in [-0.39, 0.29) is 23.7 Å². The molecular formula is C13H23ClN2O2. The van der Waals surface area contributed by atoms with E-state index in [1.807, 2.05) is 0 Å². The fourth-order valence-corrected chi connectivity index (χ4v) is 1.62. The summed E-state index contributed by atoms with van der Waals surface area (Å²) in [6.45, 7) is 4.64. The minimum absolute atomic E-state index is 0. The van der Waals surface area contributed by atoms with Crippen LogP contribution in [0.5, 0.6) is 11.5 Å². The molecule has 104 valence electrons. The summed E-state index contributed by atoms with van der Waals surface area (Å²) in [5.74, 6) is 0.523. The monoisotopic (exact) mass is 274 g/mol. The van der Waals surface area contributed by atoms with Gasteiger partial charge in [-0.2, -0.15) is 0 Å². The van der Waals surface area contributed by atoms with E-state index in [2.05, 4.69) is 13.8 Å². The Morgan fingerprint density at radius 2 is 1.89 bits per heavy atom. The highest BCUT2D eigenvalue weighted by Gasteiger charge is 2.20. The maximum absolute atomic E-state index is 9.60. The van der Waals surface area contributed by atoms with Crippen molar-refractivity contribution in [1.29, 1.82) is 0 Å². The number of hydrogen-bond donors (Lipinski definition) is 3. The number of hydrogen-bond acceptors (Lipinski definition) is 4. The van der Waals surface area contributed by atoms with Gasteiger partial charge in [0.2, 0.25) is 0 Å². The van der Waals surface area contributed by atoms with Gasteiger partial charge in [0.05, 0.1) is 6.61 Å². The minimum Gasteiger partial charge on any atom is -0.504 e. The van der Waals surface area contributed by atoms with Gasteiger partial charge < -0.3 is 21.3 Å².